The zero-order chi connectivity index (χ0) is 42.2. The molecule has 12 N–H and O–H groups in total. The van der Waals surface area contributed by atoms with Crippen LogP contribution in [0, 0.1) is 17.8 Å². The van der Waals surface area contributed by atoms with E-state index in [4.69, 9.17) is 11.5 Å². The van der Waals surface area contributed by atoms with Gasteiger partial charge in [0.2, 0.25) is 41.4 Å². The van der Waals surface area contributed by atoms with Crippen molar-refractivity contribution in [3.63, 3.8) is 0 Å². The van der Waals surface area contributed by atoms with Gasteiger partial charge in [0.1, 0.15) is 30.2 Å². The highest BCUT2D eigenvalue weighted by Gasteiger charge is 2.34. The molecule has 8 atom stereocenters. The van der Waals surface area contributed by atoms with Crippen molar-refractivity contribution in [3.05, 3.63) is 0 Å². The molecule has 0 aliphatic rings. The van der Waals surface area contributed by atoms with Crippen LogP contribution in [0.5, 0.6) is 0 Å². The third-order valence-corrected chi connectivity index (χ3v) is 9.74. The first-order valence-electron chi connectivity index (χ1n) is 19.1. The molecule has 0 aromatic carbocycles. The molecule has 0 spiro atoms. The summed E-state index contributed by atoms with van der Waals surface area (Å²) in [5, 5.41) is 27.4. The van der Waals surface area contributed by atoms with Gasteiger partial charge in [-0.15, -0.1) is 0 Å². The fourth-order valence-corrected chi connectivity index (χ4v) is 5.68. The standard InChI is InChI=1S/C36H67N9O9S/c1-9-21(5)29(34(51)40-19-28(47)42-26(17-20(3)4)33(50)43-25(36(53)54)14-16-55-8)45-35(52)30(22(6)10-2)44-31(48)23(7)41-27(46)18-39-32(49)24(38)13-11-12-15-37/h20-26,29-30H,9-19,37-38H2,1-8H3,(H,39,49)(H,40,51)(H,41,46)(H,42,47)(H,43,50)(H,44,48)(H,45,52)(H,53,54)/t21-,22-,23-,24-,25-,26-,29-,30-/m0/s1. The average molecular weight is 802 g/mol. The number of thioether (sulfide) groups is 1. The molecule has 7 amide bonds. The smallest absolute Gasteiger partial charge is 0.326 e. The SMILES string of the molecule is CC[C@H](C)[C@H](NC(=O)[C@H](C)NC(=O)CNC(=O)[C@@H](N)CCCCN)C(=O)N[C@H](C(=O)NCC(=O)N[C@@H](CC(C)C)C(=O)N[C@@H](CCSC)C(=O)O)[C@@H](C)CC. The number of hydrogen-bond donors (Lipinski definition) is 10. The molecule has 55 heavy (non-hydrogen) atoms. The summed E-state index contributed by atoms with van der Waals surface area (Å²) in [6.45, 7) is 11.8. The minimum atomic E-state index is -1.19. The largest absolute Gasteiger partial charge is 0.480 e. The molecule has 0 fully saturated rings. The maximum Gasteiger partial charge on any atom is 0.326 e. The maximum atomic E-state index is 13.6. The Morgan fingerprint density at radius 3 is 1.67 bits per heavy atom. The summed E-state index contributed by atoms with van der Waals surface area (Å²) >= 11 is 1.44. The lowest BCUT2D eigenvalue weighted by Crippen LogP contribution is -2.60. The number of carbonyl (C=O) groups is 8. The van der Waals surface area contributed by atoms with Crippen LogP contribution < -0.4 is 48.7 Å². The Hall–Kier alpha value is -3.97. The van der Waals surface area contributed by atoms with Crippen LogP contribution in [0.3, 0.4) is 0 Å². The van der Waals surface area contributed by atoms with E-state index < -0.39 is 103 Å². The second kappa shape index (κ2) is 27.6. The molecule has 316 valence electrons. The Labute approximate surface area is 329 Å². The molecule has 0 unspecified atom stereocenters. The Morgan fingerprint density at radius 2 is 1.16 bits per heavy atom. The molecule has 0 bridgehead atoms. The number of aliphatic carboxylic acids is 1. The Morgan fingerprint density at radius 1 is 0.636 bits per heavy atom. The minimum Gasteiger partial charge on any atom is -0.480 e. The molecule has 0 aliphatic carbocycles. The van der Waals surface area contributed by atoms with Gasteiger partial charge in [-0.05, 0) is 68.9 Å². The second-order valence-corrected chi connectivity index (χ2v) is 15.3. The third kappa shape index (κ3) is 20.5. The Bertz CT molecular complexity index is 1270. The van der Waals surface area contributed by atoms with E-state index >= 15 is 0 Å². The molecule has 19 heteroatoms. The molecule has 18 nitrogen and oxygen atoms in total. The van der Waals surface area contributed by atoms with Crippen molar-refractivity contribution in [1.82, 2.24) is 37.2 Å². The Kier molecular flexibility index (Phi) is 25.6. The molecule has 0 saturated heterocycles. The first-order valence-corrected chi connectivity index (χ1v) is 20.4. The van der Waals surface area contributed by atoms with Crippen molar-refractivity contribution in [3.8, 4) is 0 Å². The van der Waals surface area contributed by atoms with Crippen LogP contribution in [0.1, 0.15) is 93.4 Å². The Balaban J connectivity index is 5.55. The number of nitrogens with two attached hydrogens (primary N) is 2. The zero-order valence-corrected chi connectivity index (χ0v) is 34.6. The van der Waals surface area contributed by atoms with Gasteiger partial charge in [0.15, 0.2) is 0 Å². The van der Waals surface area contributed by atoms with Gasteiger partial charge in [-0.3, -0.25) is 33.6 Å². The van der Waals surface area contributed by atoms with Gasteiger partial charge in [0.05, 0.1) is 19.1 Å². The number of carboxylic acid groups (broad SMARTS) is 1. The van der Waals surface area contributed by atoms with Crippen molar-refractivity contribution in [2.45, 2.75) is 130 Å². The summed E-state index contributed by atoms with van der Waals surface area (Å²) in [5.41, 5.74) is 11.3. The van der Waals surface area contributed by atoms with Gasteiger partial charge >= 0.3 is 5.97 Å². The molecule has 0 aliphatic heterocycles. The predicted octanol–water partition coefficient (Wildman–Crippen LogP) is -0.905. The van der Waals surface area contributed by atoms with Gasteiger partial charge < -0.3 is 53.8 Å². The number of nitrogens with one attached hydrogen (secondary N) is 7. The normalized spacial score (nSPS) is 15.5. The summed E-state index contributed by atoms with van der Waals surface area (Å²) in [6.07, 6.45) is 4.98. The average Bonchev–Trinajstić information content (AvgIpc) is 3.13. The van der Waals surface area contributed by atoms with E-state index in [0.717, 1.165) is 0 Å². The first kappa shape index (κ1) is 51.0. The number of unbranched alkanes of at least 4 members (excludes halogenated alkanes) is 1. The molecule has 0 heterocycles. The van der Waals surface area contributed by atoms with Gasteiger partial charge in [0.25, 0.3) is 0 Å². The van der Waals surface area contributed by atoms with Gasteiger partial charge in [0, 0.05) is 0 Å². The third-order valence-electron chi connectivity index (χ3n) is 9.09. The van der Waals surface area contributed by atoms with E-state index in [1.165, 1.54) is 18.7 Å². The van der Waals surface area contributed by atoms with Crippen LogP contribution in [-0.4, -0.2) is 120 Å². The highest BCUT2D eigenvalue weighted by Crippen LogP contribution is 2.13. The van der Waals surface area contributed by atoms with Gasteiger partial charge in [-0.25, -0.2) is 4.79 Å². The molecule has 0 aromatic rings. The fraction of sp³-hybridized carbons (Fsp3) is 0.778. The molecule has 0 saturated carbocycles. The minimum absolute atomic E-state index is 0.0304. The number of hydrogen-bond acceptors (Lipinski definition) is 11. The van der Waals surface area contributed by atoms with Crippen LogP contribution in [0.2, 0.25) is 0 Å². The van der Waals surface area contributed by atoms with E-state index in [0.29, 0.717) is 44.4 Å². The van der Waals surface area contributed by atoms with E-state index in [1.54, 1.807) is 13.8 Å². The summed E-state index contributed by atoms with van der Waals surface area (Å²) in [4.78, 5) is 102. The second-order valence-electron chi connectivity index (χ2n) is 14.3. The number of carboxylic acids is 1. The van der Waals surface area contributed by atoms with Crippen LogP contribution >= 0.6 is 11.8 Å². The lowest BCUT2D eigenvalue weighted by atomic mass is 9.94. The molecule has 0 rings (SSSR count). The highest BCUT2D eigenvalue weighted by atomic mass is 32.2. The predicted molar refractivity (Wildman–Crippen MR) is 211 cm³/mol. The number of rotatable bonds is 28. The van der Waals surface area contributed by atoms with E-state index in [1.807, 2.05) is 34.0 Å². The summed E-state index contributed by atoms with van der Waals surface area (Å²) in [6, 6.07) is -6.25. The molecule has 0 aromatic heterocycles. The molecule has 0 radical (unpaired) electrons. The molecular weight excluding hydrogens is 735 g/mol. The van der Waals surface area contributed by atoms with Crippen molar-refractivity contribution in [2.75, 3.05) is 31.6 Å². The van der Waals surface area contributed by atoms with Crippen molar-refractivity contribution in [2.24, 2.45) is 29.2 Å². The van der Waals surface area contributed by atoms with Crippen LogP contribution in [0.15, 0.2) is 0 Å². The summed E-state index contributed by atoms with van der Waals surface area (Å²) < 4.78 is 0. The zero-order valence-electron chi connectivity index (χ0n) is 33.8. The monoisotopic (exact) mass is 801 g/mol. The topological polar surface area (TPSA) is 293 Å². The first-order chi connectivity index (χ1) is 25.8. The van der Waals surface area contributed by atoms with Crippen molar-refractivity contribution >= 4 is 59.1 Å². The maximum absolute atomic E-state index is 13.6. The highest BCUT2D eigenvalue weighted by molar-refractivity contribution is 7.98. The lowest BCUT2D eigenvalue weighted by molar-refractivity contribution is -0.142. The summed E-state index contributed by atoms with van der Waals surface area (Å²) in [7, 11) is 0. The van der Waals surface area contributed by atoms with E-state index in [-0.39, 0.29) is 24.7 Å². The number of carbonyl (C=O) groups excluding carboxylic acids is 7. The quantitative estimate of drug-likeness (QED) is 0.0431. The van der Waals surface area contributed by atoms with Gasteiger partial charge in [-0.1, -0.05) is 60.8 Å². The number of amides is 7. The van der Waals surface area contributed by atoms with Crippen molar-refractivity contribution < 1.29 is 43.5 Å². The lowest BCUT2D eigenvalue weighted by Gasteiger charge is -2.29. The van der Waals surface area contributed by atoms with E-state index in [2.05, 4.69) is 37.2 Å². The summed E-state index contributed by atoms with van der Waals surface area (Å²) in [5.74, 6) is -5.96. The van der Waals surface area contributed by atoms with Crippen LogP contribution in [0.25, 0.3) is 0 Å². The van der Waals surface area contributed by atoms with Crippen LogP contribution in [-0.2, 0) is 38.4 Å². The fourth-order valence-electron chi connectivity index (χ4n) is 5.21. The van der Waals surface area contributed by atoms with E-state index in [9.17, 15) is 43.5 Å². The van der Waals surface area contributed by atoms with Gasteiger partial charge in [-0.2, -0.15) is 11.8 Å². The molecular formula is C36H67N9O9S. The van der Waals surface area contributed by atoms with Crippen LogP contribution in [0.4, 0.5) is 0 Å². The van der Waals surface area contributed by atoms with Crippen molar-refractivity contribution in [1.29, 1.82) is 0 Å².